The fourth-order valence-electron chi connectivity index (χ4n) is 4.27. The highest BCUT2D eigenvalue weighted by Gasteiger charge is 2.45. The molecule has 2 aromatic rings. The Morgan fingerprint density at radius 2 is 1.95 bits per heavy atom. The molecule has 1 fully saturated rings. The van der Waals surface area contributed by atoms with Gasteiger partial charge in [-0.2, -0.15) is 4.57 Å². The minimum Gasteiger partial charge on any atom is -0.221 e. The van der Waals surface area contributed by atoms with Crippen LogP contribution in [-0.2, 0) is 5.54 Å². The van der Waals surface area contributed by atoms with Crippen molar-refractivity contribution >= 4 is 6.08 Å². The third-order valence-electron chi connectivity index (χ3n) is 5.75. The molecular weight excluding hydrogens is 268 g/mol. The van der Waals surface area contributed by atoms with E-state index in [4.69, 9.17) is 1.37 Å². The summed E-state index contributed by atoms with van der Waals surface area (Å²) in [5.74, 6) is 0.654. The Balaban J connectivity index is 1.91. The zero-order chi connectivity index (χ0) is 16.2. The van der Waals surface area contributed by atoms with E-state index in [1.54, 1.807) is 0 Å². The quantitative estimate of drug-likeness (QED) is 0.730. The lowest BCUT2D eigenvalue weighted by molar-refractivity contribution is -0.602. The van der Waals surface area contributed by atoms with Gasteiger partial charge in [0.05, 0.1) is 0 Å². The lowest BCUT2D eigenvalue weighted by atomic mass is 9.85. The van der Waals surface area contributed by atoms with Gasteiger partial charge < -0.3 is 0 Å². The van der Waals surface area contributed by atoms with Crippen LogP contribution in [0.4, 0.5) is 0 Å². The third-order valence-corrected chi connectivity index (χ3v) is 5.75. The van der Waals surface area contributed by atoms with Crippen LogP contribution in [0, 0.1) is 19.8 Å². The van der Waals surface area contributed by atoms with Crippen LogP contribution in [-0.4, -0.2) is 4.57 Å². The van der Waals surface area contributed by atoms with Crippen LogP contribution in [0.15, 0.2) is 36.6 Å². The van der Waals surface area contributed by atoms with Gasteiger partial charge in [-0.3, -0.25) is 0 Å². The molecule has 1 aromatic heterocycles. The van der Waals surface area contributed by atoms with Crippen molar-refractivity contribution in [1.82, 2.24) is 4.57 Å². The third kappa shape index (κ3) is 1.83. The SMILES string of the molecule is [2H]c1n2c(c(C)[n+]1-c1ccccc1C)C=CC2(C)C1CCCC1. The zero-order valence-corrected chi connectivity index (χ0v) is 13.8. The van der Waals surface area contributed by atoms with Crippen molar-refractivity contribution < 1.29 is 5.94 Å². The smallest absolute Gasteiger partial charge is 0.221 e. The molecule has 22 heavy (non-hydrogen) atoms. The first-order valence-electron chi connectivity index (χ1n) is 8.93. The van der Waals surface area contributed by atoms with Crippen LogP contribution in [0.2, 0.25) is 0 Å². The van der Waals surface area contributed by atoms with E-state index >= 15 is 0 Å². The molecule has 1 aliphatic carbocycles. The highest BCUT2D eigenvalue weighted by Crippen LogP contribution is 2.43. The molecule has 1 aromatic carbocycles. The molecule has 0 radical (unpaired) electrons. The van der Waals surface area contributed by atoms with Gasteiger partial charge in [0.1, 0.15) is 11.2 Å². The van der Waals surface area contributed by atoms with E-state index < -0.39 is 0 Å². The monoisotopic (exact) mass is 294 g/mol. The first-order valence-corrected chi connectivity index (χ1v) is 8.43. The van der Waals surface area contributed by atoms with Crippen LogP contribution < -0.4 is 4.57 Å². The summed E-state index contributed by atoms with van der Waals surface area (Å²) in [6, 6.07) is 8.36. The molecule has 0 N–H and O–H groups in total. The van der Waals surface area contributed by atoms with Gasteiger partial charge in [0.25, 0.3) is 0 Å². The van der Waals surface area contributed by atoms with Gasteiger partial charge in [-0.25, -0.2) is 4.57 Å². The molecule has 2 heteroatoms. The van der Waals surface area contributed by atoms with E-state index in [9.17, 15) is 0 Å². The maximum Gasteiger partial charge on any atom is 0.250 e. The normalized spacial score (nSPS) is 24.8. The van der Waals surface area contributed by atoms with Crippen molar-refractivity contribution in [3.8, 4) is 5.69 Å². The molecule has 1 atom stereocenters. The van der Waals surface area contributed by atoms with Crippen molar-refractivity contribution in [3.63, 3.8) is 0 Å². The highest BCUT2D eigenvalue weighted by atomic mass is 15.2. The van der Waals surface area contributed by atoms with E-state index in [1.807, 2.05) is 0 Å². The maximum absolute atomic E-state index is 8.89. The Bertz CT molecular complexity index is 796. The first kappa shape index (κ1) is 12.7. The van der Waals surface area contributed by atoms with Crippen molar-refractivity contribution in [1.29, 1.82) is 0 Å². The summed E-state index contributed by atoms with van der Waals surface area (Å²) in [5, 5.41) is 0. The lowest BCUT2D eigenvalue weighted by Crippen LogP contribution is -2.37. The molecule has 0 saturated heterocycles. The molecule has 1 unspecified atom stereocenters. The second kappa shape index (κ2) is 4.84. The van der Waals surface area contributed by atoms with E-state index in [2.05, 4.69) is 66.3 Å². The number of aryl methyl sites for hydroxylation is 1. The topological polar surface area (TPSA) is 8.81 Å². The lowest BCUT2D eigenvalue weighted by Gasteiger charge is -2.27. The predicted molar refractivity (Wildman–Crippen MR) is 90.1 cm³/mol. The highest BCUT2D eigenvalue weighted by molar-refractivity contribution is 5.54. The number of allylic oxidation sites excluding steroid dienone is 1. The van der Waals surface area contributed by atoms with Gasteiger partial charge in [-0.1, -0.05) is 31.0 Å². The fourth-order valence-corrected chi connectivity index (χ4v) is 4.27. The summed E-state index contributed by atoms with van der Waals surface area (Å²) in [5.41, 5.74) is 4.67. The van der Waals surface area contributed by atoms with Gasteiger partial charge in [0.2, 0.25) is 6.30 Å². The summed E-state index contributed by atoms with van der Waals surface area (Å²) in [7, 11) is 0. The van der Waals surface area contributed by atoms with E-state index in [0.717, 1.165) is 5.69 Å². The largest absolute Gasteiger partial charge is 0.250 e. The van der Waals surface area contributed by atoms with E-state index in [-0.39, 0.29) is 5.54 Å². The minimum atomic E-state index is -0.0401. The number of rotatable bonds is 2. The standard InChI is InChI=1S/C20H25N2/c1-15-8-4-7-11-18(15)21-14-22-19(16(21)2)12-13-20(22,3)17-9-5-6-10-17/h4,7-8,11-14,17H,5-6,9-10H2,1-3H3/q+1/i14D. The van der Waals surface area contributed by atoms with Crippen LogP contribution in [0.5, 0.6) is 0 Å². The van der Waals surface area contributed by atoms with Gasteiger partial charge in [0, 0.05) is 12.8 Å². The number of hydrogen-bond acceptors (Lipinski definition) is 0. The Morgan fingerprint density at radius 1 is 1.23 bits per heavy atom. The number of nitrogens with zero attached hydrogens (tertiary/aromatic N) is 2. The Morgan fingerprint density at radius 3 is 2.68 bits per heavy atom. The molecule has 114 valence electrons. The Hall–Kier alpha value is -1.83. The van der Waals surface area contributed by atoms with Gasteiger partial charge >= 0.3 is 0 Å². The van der Waals surface area contributed by atoms with Gasteiger partial charge in [-0.15, -0.1) is 0 Å². The summed E-state index contributed by atoms with van der Waals surface area (Å²) >= 11 is 0. The second-order valence-corrected chi connectivity index (χ2v) is 7.07. The average Bonchev–Trinajstić information content (AvgIpc) is 3.22. The molecule has 4 rings (SSSR count). The predicted octanol–water partition coefficient (Wildman–Crippen LogP) is 4.31. The van der Waals surface area contributed by atoms with Gasteiger partial charge in [-0.05, 0) is 50.5 Å². The van der Waals surface area contributed by atoms with E-state index in [0.29, 0.717) is 12.2 Å². The summed E-state index contributed by atoms with van der Waals surface area (Å²) in [6.07, 6.45) is 10.4. The number of aromatic nitrogens is 2. The zero-order valence-electron chi connectivity index (χ0n) is 14.8. The molecule has 2 aliphatic rings. The maximum atomic E-state index is 8.89. The average molecular weight is 294 g/mol. The fraction of sp³-hybridized carbons (Fsp3) is 0.450. The number of fused-ring (bicyclic) bond motifs is 1. The van der Waals surface area contributed by atoms with Crippen LogP contribution in [0.1, 0.15) is 50.9 Å². The molecule has 2 heterocycles. The first-order chi connectivity index (χ1) is 11.0. The number of hydrogen-bond donors (Lipinski definition) is 0. The summed E-state index contributed by atoms with van der Waals surface area (Å²) in [6.45, 7) is 6.58. The number of imidazole rings is 1. The Labute approximate surface area is 134 Å². The van der Waals surface area contributed by atoms with Crippen molar-refractivity contribution in [2.75, 3.05) is 0 Å². The molecule has 1 saturated carbocycles. The second-order valence-electron chi connectivity index (χ2n) is 7.07. The number of para-hydroxylation sites is 1. The molecule has 2 nitrogen and oxygen atoms in total. The molecule has 1 aliphatic heterocycles. The van der Waals surface area contributed by atoms with Crippen molar-refractivity contribution in [3.05, 3.63) is 53.6 Å². The summed E-state index contributed by atoms with van der Waals surface area (Å²) in [4.78, 5) is 0. The van der Waals surface area contributed by atoms with E-state index in [1.165, 1.54) is 42.6 Å². The van der Waals surface area contributed by atoms with Crippen molar-refractivity contribution in [2.24, 2.45) is 5.92 Å². The number of benzene rings is 1. The minimum absolute atomic E-state index is 0.0401. The Kier molecular flexibility index (Phi) is 2.79. The van der Waals surface area contributed by atoms with Gasteiger partial charge in [0.15, 0.2) is 12.8 Å². The van der Waals surface area contributed by atoms with Crippen LogP contribution >= 0.6 is 0 Å². The molecule has 0 amide bonds. The molecule has 0 spiro atoms. The van der Waals surface area contributed by atoms with Crippen LogP contribution in [0.3, 0.4) is 0 Å². The van der Waals surface area contributed by atoms with Crippen LogP contribution in [0.25, 0.3) is 11.8 Å². The van der Waals surface area contributed by atoms with Crippen molar-refractivity contribution in [2.45, 2.75) is 52.0 Å². The summed E-state index contributed by atoms with van der Waals surface area (Å²) < 4.78 is 13.3. The molecule has 0 bridgehead atoms. The molecular formula is C20H25N2+.